The quantitative estimate of drug-likeness (QED) is 0.645. The lowest BCUT2D eigenvalue weighted by atomic mass is 10.2. The van der Waals surface area contributed by atoms with Crippen LogP contribution in [0.5, 0.6) is 5.75 Å². The fourth-order valence-corrected chi connectivity index (χ4v) is 2.77. The standard InChI is InChI=1S/C21H24N4O/c1-4-25(17-10-8-9-16(3)15-17)21-22-14-13-20(24-21)23-18-11-6-7-12-19(18)26-5-2/h6-15H,4-5H2,1-3H3,(H,22,23,24). The van der Waals surface area contributed by atoms with Gasteiger partial charge in [-0.3, -0.25) is 0 Å². The molecular weight excluding hydrogens is 324 g/mol. The van der Waals surface area contributed by atoms with Crippen LogP contribution < -0.4 is 15.0 Å². The lowest BCUT2D eigenvalue weighted by molar-refractivity contribution is 0.342. The molecule has 0 aliphatic heterocycles. The number of nitrogens with one attached hydrogen (secondary N) is 1. The van der Waals surface area contributed by atoms with Crippen LogP contribution in [-0.4, -0.2) is 23.1 Å². The third kappa shape index (κ3) is 4.11. The Balaban J connectivity index is 1.88. The Kier molecular flexibility index (Phi) is 5.69. The highest BCUT2D eigenvalue weighted by Crippen LogP contribution is 2.28. The van der Waals surface area contributed by atoms with Crippen LogP contribution in [0.2, 0.25) is 0 Å². The number of aromatic nitrogens is 2. The van der Waals surface area contributed by atoms with E-state index in [1.165, 1.54) is 5.56 Å². The van der Waals surface area contributed by atoms with Gasteiger partial charge in [-0.2, -0.15) is 4.98 Å². The molecule has 26 heavy (non-hydrogen) atoms. The number of rotatable bonds is 7. The van der Waals surface area contributed by atoms with Crippen LogP contribution in [0, 0.1) is 6.92 Å². The maximum atomic E-state index is 5.67. The van der Waals surface area contributed by atoms with E-state index >= 15 is 0 Å². The molecule has 0 radical (unpaired) electrons. The summed E-state index contributed by atoms with van der Waals surface area (Å²) in [5.74, 6) is 2.20. The number of benzene rings is 2. The van der Waals surface area contributed by atoms with Crippen LogP contribution in [0.1, 0.15) is 19.4 Å². The van der Waals surface area contributed by atoms with Gasteiger partial charge >= 0.3 is 0 Å². The number of hydrogen-bond acceptors (Lipinski definition) is 5. The van der Waals surface area contributed by atoms with E-state index in [0.717, 1.165) is 29.5 Å². The summed E-state index contributed by atoms with van der Waals surface area (Å²) in [6, 6.07) is 18.0. The van der Waals surface area contributed by atoms with E-state index in [1.807, 2.05) is 43.3 Å². The van der Waals surface area contributed by atoms with Crippen molar-refractivity contribution in [1.29, 1.82) is 0 Å². The second kappa shape index (κ2) is 8.34. The smallest absolute Gasteiger partial charge is 0.231 e. The van der Waals surface area contributed by atoms with Gasteiger partial charge in [0.15, 0.2) is 0 Å². The molecule has 0 atom stereocenters. The summed E-state index contributed by atoms with van der Waals surface area (Å²) in [6.07, 6.45) is 1.77. The SMILES string of the molecule is CCOc1ccccc1Nc1ccnc(N(CC)c2cccc(C)c2)n1. The van der Waals surface area contributed by atoms with Crippen molar-refractivity contribution >= 4 is 23.1 Å². The largest absolute Gasteiger partial charge is 0.492 e. The average Bonchev–Trinajstić information content (AvgIpc) is 2.65. The highest BCUT2D eigenvalue weighted by molar-refractivity contribution is 5.65. The Morgan fingerprint density at radius 2 is 1.88 bits per heavy atom. The molecule has 1 heterocycles. The van der Waals surface area contributed by atoms with Crippen molar-refractivity contribution < 1.29 is 4.74 Å². The molecular formula is C21H24N4O. The topological polar surface area (TPSA) is 50.3 Å². The molecule has 0 spiro atoms. The number of ether oxygens (including phenoxy) is 1. The Hall–Kier alpha value is -3.08. The second-order valence-electron chi connectivity index (χ2n) is 5.88. The van der Waals surface area contributed by atoms with Crippen molar-refractivity contribution in [2.24, 2.45) is 0 Å². The van der Waals surface area contributed by atoms with Gasteiger partial charge in [-0.15, -0.1) is 0 Å². The Morgan fingerprint density at radius 1 is 1.04 bits per heavy atom. The van der Waals surface area contributed by atoms with E-state index in [9.17, 15) is 0 Å². The van der Waals surface area contributed by atoms with E-state index < -0.39 is 0 Å². The molecule has 2 aromatic carbocycles. The minimum Gasteiger partial charge on any atom is -0.492 e. The van der Waals surface area contributed by atoms with Gasteiger partial charge in [0.05, 0.1) is 12.3 Å². The van der Waals surface area contributed by atoms with E-state index in [2.05, 4.69) is 47.2 Å². The summed E-state index contributed by atoms with van der Waals surface area (Å²) in [6.45, 7) is 7.55. The highest BCUT2D eigenvalue weighted by atomic mass is 16.5. The number of nitrogens with zero attached hydrogens (tertiary/aromatic N) is 3. The fraction of sp³-hybridized carbons (Fsp3) is 0.238. The van der Waals surface area contributed by atoms with Crippen molar-refractivity contribution in [3.63, 3.8) is 0 Å². The van der Waals surface area contributed by atoms with Gasteiger partial charge in [0.25, 0.3) is 0 Å². The lowest BCUT2D eigenvalue weighted by Crippen LogP contribution is -2.19. The zero-order valence-electron chi connectivity index (χ0n) is 15.4. The Morgan fingerprint density at radius 3 is 2.65 bits per heavy atom. The Labute approximate surface area is 154 Å². The minimum atomic E-state index is 0.616. The first-order valence-corrected chi connectivity index (χ1v) is 8.87. The first kappa shape index (κ1) is 17.7. The van der Waals surface area contributed by atoms with Crippen LogP contribution in [0.25, 0.3) is 0 Å². The van der Waals surface area contributed by atoms with Crippen LogP contribution in [0.15, 0.2) is 60.8 Å². The van der Waals surface area contributed by atoms with Gasteiger partial charge in [-0.25, -0.2) is 4.98 Å². The molecule has 0 saturated carbocycles. The molecule has 5 heteroatoms. The zero-order chi connectivity index (χ0) is 18.4. The number of hydrogen-bond donors (Lipinski definition) is 1. The normalized spacial score (nSPS) is 10.4. The van der Waals surface area contributed by atoms with Crippen molar-refractivity contribution in [3.05, 3.63) is 66.4 Å². The lowest BCUT2D eigenvalue weighted by Gasteiger charge is -2.22. The van der Waals surface area contributed by atoms with E-state index in [4.69, 9.17) is 9.72 Å². The van der Waals surface area contributed by atoms with Crippen molar-refractivity contribution in [2.75, 3.05) is 23.4 Å². The monoisotopic (exact) mass is 348 g/mol. The molecule has 134 valence electrons. The van der Waals surface area contributed by atoms with E-state index in [-0.39, 0.29) is 0 Å². The van der Waals surface area contributed by atoms with Gasteiger partial charge in [0.2, 0.25) is 5.95 Å². The molecule has 3 aromatic rings. The van der Waals surface area contributed by atoms with E-state index in [0.29, 0.717) is 12.6 Å². The predicted octanol–water partition coefficient (Wildman–Crippen LogP) is 5.09. The number of aryl methyl sites for hydroxylation is 1. The summed E-state index contributed by atoms with van der Waals surface area (Å²) in [7, 11) is 0. The minimum absolute atomic E-state index is 0.616. The number of anilines is 4. The van der Waals surface area contributed by atoms with Crippen LogP contribution in [0.4, 0.5) is 23.1 Å². The molecule has 5 nitrogen and oxygen atoms in total. The molecule has 0 aliphatic carbocycles. The first-order chi connectivity index (χ1) is 12.7. The van der Waals surface area contributed by atoms with Crippen LogP contribution in [0.3, 0.4) is 0 Å². The maximum absolute atomic E-state index is 5.67. The van der Waals surface area contributed by atoms with Crippen molar-refractivity contribution in [3.8, 4) is 5.75 Å². The average molecular weight is 348 g/mol. The molecule has 0 bridgehead atoms. The van der Waals surface area contributed by atoms with Crippen LogP contribution >= 0.6 is 0 Å². The third-order valence-electron chi connectivity index (χ3n) is 3.96. The van der Waals surface area contributed by atoms with Gasteiger partial charge < -0.3 is 15.0 Å². The molecule has 0 amide bonds. The third-order valence-corrected chi connectivity index (χ3v) is 3.96. The van der Waals surface area contributed by atoms with Gasteiger partial charge in [0.1, 0.15) is 11.6 Å². The van der Waals surface area contributed by atoms with Gasteiger partial charge in [-0.05, 0) is 56.7 Å². The van der Waals surface area contributed by atoms with Gasteiger partial charge in [0, 0.05) is 18.4 Å². The molecule has 0 fully saturated rings. The first-order valence-electron chi connectivity index (χ1n) is 8.87. The molecule has 1 aromatic heterocycles. The molecule has 0 aliphatic rings. The second-order valence-corrected chi connectivity index (χ2v) is 5.88. The summed E-state index contributed by atoms with van der Waals surface area (Å²) in [4.78, 5) is 11.2. The molecule has 1 N–H and O–H groups in total. The van der Waals surface area contributed by atoms with Crippen molar-refractivity contribution in [1.82, 2.24) is 9.97 Å². The number of para-hydroxylation sites is 2. The zero-order valence-corrected chi connectivity index (χ0v) is 15.4. The highest BCUT2D eigenvalue weighted by Gasteiger charge is 2.12. The summed E-state index contributed by atoms with van der Waals surface area (Å²) < 4.78 is 5.67. The Bertz CT molecular complexity index is 866. The van der Waals surface area contributed by atoms with Crippen LogP contribution in [-0.2, 0) is 0 Å². The summed E-state index contributed by atoms with van der Waals surface area (Å²) in [5.41, 5.74) is 3.18. The molecule has 3 rings (SSSR count). The fourth-order valence-electron chi connectivity index (χ4n) is 2.77. The summed E-state index contributed by atoms with van der Waals surface area (Å²) >= 11 is 0. The van der Waals surface area contributed by atoms with E-state index in [1.54, 1.807) is 6.20 Å². The maximum Gasteiger partial charge on any atom is 0.231 e. The predicted molar refractivity (Wildman–Crippen MR) is 107 cm³/mol. The van der Waals surface area contributed by atoms with Gasteiger partial charge in [-0.1, -0.05) is 24.3 Å². The molecule has 0 unspecified atom stereocenters. The summed E-state index contributed by atoms with van der Waals surface area (Å²) in [5, 5.41) is 3.34. The molecule has 0 saturated heterocycles. The van der Waals surface area contributed by atoms with Crippen molar-refractivity contribution in [2.45, 2.75) is 20.8 Å².